The molecule has 1 aromatic carbocycles. The standard InChI is InChI=1S/C11H14N4O4/c12-8-2-1-5-13(7-8)10-4-3-9(14(16)17)6-11(10)15(18)19/h3-4,6,8H,1-2,5,7,12H2/t8-/m1/s1. The van der Waals surface area contributed by atoms with Gasteiger partial charge in [0.2, 0.25) is 0 Å². The SMILES string of the molecule is N[C@@H]1CCCN(c2ccc([N+](=O)[O-])cc2[N+](=O)[O-])C1. The van der Waals surface area contributed by atoms with E-state index in [4.69, 9.17) is 5.73 Å². The molecule has 1 aromatic rings. The van der Waals surface area contributed by atoms with Gasteiger partial charge in [0.1, 0.15) is 5.69 Å². The lowest BCUT2D eigenvalue weighted by Gasteiger charge is -2.32. The van der Waals surface area contributed by atoms with E-state index in [0.717, 1.165) is 18.9 Å². The number of benzene rings is 1. The minimum atomic E-state index is -0.640. The van der Waals surface area contributed by atoms with Crippen LogP contribution in [0.1, 0.15) is 12.8 Å². The quantitative estimate of drug-likeness (QED) is 0.653. The van der Waals surface area contributed by atoms with Crippen molar-refractivity contribution in [1.29, 1.82) is 0 Å². The third kappa shape index (κ3) is 2.79. The zero-order valence-corrected chi connectivity index (χ0v) is 10.2. The van der Waals surface area contributed by atoms with E-state index in [2.05, 4.69) is 0 Å². The normalized spacial score (nSPS) is 19.2. The largest absolute Gasteiger partial charge is 0.364 e. The molecule has 1 saturated heterocycles. The van der Waals surface area contributed by atoms with Crippen LogP contribution in [0.15, 0.2) is 18.2 Å². The second-order valence-electron chi connectivity index (χ2n) is 4.54. The van der Waals surface area contributed by atoms with Crippen LogP contribution >= 0.6 is 0 Å². The van der Waals surface area contributed by atoms with E-state index in [-0.39, 0.29) is 17.4 Å². The van der Waals surface area contributed by atoms with Crippen LogP contribution in [0.4, 0.5) is 17.1 Å². The molecule has 1 atom stereocenters. The molecule has 1 aliphatic rings. The van der Waals surface area contributed by atoms with Gasteiger partial charge in [-0.3, -0.25) is 20.2 Å². The summed E-state index contributed by atoms with van der Waals surface area (Å²) in [6.07, 6.45) is 1.74. The van der Waals surface area contributed by atoms with Gasteiger partial charge in [0.25, 0.3) is 11.4 Å². The van der Waals surface area contributed by atoms with E-state index in [0.29, 0.717) is 18.8 Å². The Balaban J connectivity index is 2.38. The number of non-ortho nitro benzene ring substituents is 1. The van der Waals surface area contributed by atoms with Gasteiger partial charge in [0.15, 0.2) is 0 Å². The monoisotopic (exact) mass is 266 g/mol. The first kappa shape index (κ1) is 13.2. The van der Waals surface area contributed by atoms with E-state index in [1.807, 2.05) is 4.90 Å². The summed E-state index contributed by atoms with van der Waals surface area (Å²) in [5.41, 5.74) is 5.71. The van der Waals surface area contributed by atoms with Gasteiger partial charge in [0.05, 0.1) is 15.9 Å². The first-order chi connectivity index (χ1) is 8.99. The summed E-state index contributed by atoms with van der Waals surface area (Å²) in [7, 11) is 0. The molecular formula is C11H14N4O4. The molecule has 0 bridgehead atoms. The van der Waals surface area contributed by atoms with Gasteiger partial charge in [0, 0.05) is 25.2 Å². The molecule has 0 unspecified atom stereocenters. The van der Waals surface area contributed by atoms with Crippen LogP contribution < -0.4 is 10.6 Å². The van der Waals surface area contributed by atoms with Gasteiger partial charge >= 0.3 is 0 Å². The maximum absolute atomic E-state index is 11.0. The minimum absolute atomic E-state index is 0.0245. The first-order valence-corrected chi connectivity index (χ1v) is 5.92. The number of hydrogen-bond donors (Lipinski definition) is 1. The van der Waals surface area contributed by atoms with Crippen LogP contribution in [-0.4, -0.2) is 29.0 Å². The number of rotatable bonds is 3. The molecule has 0 aromatic heterocycles. The second kappa shape index (κ2) is 5.19. The molecule has 19 heavy (non-hydrogen) atoms. The molecule has 0 spiro atoms. The van der Waals surface area contributed by atoms with Crippen LogP contribution in [0, 0.1) is 20.2 Å². The van der Waals surface area contributed by atoms with E-state index >= 15 is 0 Å². The fraction of sp³-hybridized carbons (Fsp3) is 0.455. The van der Waals surface area contributed by atoms with Crippen LogP contribution in [0.3, 0.4) is 0 Å². The van der Waals surface area contributed by atoms with E-state index in [9.17, 15) is 20.2 Å². The molecule has 1 fully saturated rings. The van der Waals surface area contributed by atoms with Gasteiger partial charge < -0.3 is 10.6 Å². The number of hydrogen-bond acceptors (Lipinski definition) is 6. The summed E-state index contributed by atoms with van der Waals surface area (Å²) >= 11 is 0. The number of nitro benzene ring substituents is 2. The maximum atomic E-state index is 11.0. The van der Waals surface area contributed by atoms with Crippen molar-refractivity contribution in [2.45, 2.75) is 18.9 Å². The topological polar surface area (TPSA) is 116 Å². The lowest BCUT2D eigenvalue weighted by Crippen LogP contribution is -2.43. The Labute approximate surface area is 109 Å². The van der Waals surface area contributed by atoms with Crippen molar-refractivity contribution in [3.63, 3.8) is 0 Å². The molecule has 1 heterocycles. The molecule has 2 N–H and O–H groups in total. The molecule has 0 radical (unpaired) electrons. The van der Waals surface area contributed by atoms with Gasteiger partial charge in [-0.2, -0.15) is 0 Å². The summed E-state index contributed by atoms with van der Waals surface area (Å²) in [5, 5.41) is 21.7. The zero-order valence-electron chi connectivity index (χ0n) is 10.2. The predicted molar refractivity (Wildman–Crippen MR) is 69.2 cm³/mol. The lowest BCUT2D eigenvalue weighted by molar-refractivity contribution is -0.393. The predicted octanol–water partition coefficient (Wildman–Crippen LogP) is 1.43. The smallest absolute Gasteiger partial charge is 0.299 e. The highest BCUT2D eigenvalue weighted by Crippen LogP contribution is 2.33. The third-order valence-corrected chi connectivity index (χ3v) is 3.17. The summed E-state index contributed by atoms with van der Waals surface area (Å²) in [4.78, 5) is 22.3. The minimum Gasteiger partial charge on any atom is -0.364 e. The van der Waals surface area contributed by atoms with Crippen LogP contribution in [0.2, 0.25) is 0 Å². The summed E-state index contributed by atoms with van der Waals surface area (Å²) in [6, 6.07) is 3.68. The summed E-state index contributed by atoms with van der Waals surface area (Å²) in [5.74, 6) is 0. The van der Waals surface area contributed by atoms with Crippen molar-refractivity contribution in [3.05, 3.63) is 38.4 Å². The Morgan fingerprint density at radius 2 is 2.00 bits per heavy atom. The van der Waals surface area contributed by atoms with E-state index in [1.54, 1.807) is 0 Å². The van der Waals surface area contributed by atoms with Crippen molar-refractivity contribution in [2.24, 2.45) is 5.73 Å². The van der Waals surface area contributed by atoms with E-state index in [1.165, 1.54) is 12.1 Å². The number of nitrogens with zero attached hydrogens (tertiary/aromatic N) is 3. The van der Waals surface area contributed by atoms with Crippen LogP contribution in [0.5, 0.6) is 0 Å². The molecule has 0 amide bonds. The van der Waals surface area contributed by atoms with Gasteiger partial charge in [-0.05, 0) is 18.9 Å². The van der Waals surface area contributed by atoms with Crippen molar-refractivity contribution in [3.8, 4) is 0 Å². The Bertz CT molecular complexity index is 519. The van der Waals surface area contributed by atoms with Crippen molar-refractivity contribution >= 4 is 17.1 Å². The average Bonchev–Trinajstić information content (AvgIpc) is 2.37. The highest BCUT2D eigenvalue weighted by Gasteiger charge is 2.26. The maximum Gasteiger partial charge on any atom is 0.299 e. The van der Waals surface area contributed by atoms with Gasteiger partial charge in [-0.15, -0.1) is 0 Å². The van der Waals surface area contributed by atoms with Crippen LogP contribution in [-0.2, 0) is 0 Å². The average molecular weight is 266 g/mol. The molecule has 8 nitrogen and oxygen atoms in total. The Morgan fingerprint density at radius 3 is 2.58 bits per heavy atom. The lowest BCUT2D eigenvalue weighted by atomic mass is 10.1. The van der Waals surface area contributed by atoms with Crippen molar-refractivity contribution < 1.29 is 9.85 Å². The van der Waals surface area contributed by atoms with Gasteiger partial charge in [-0.1, -0.05) is 0 Å². The zero-order chi connectivity index (χ0) is 14.0. The number of anilines is 1. The Hall–Kier alpha value is -2.22. The molecule has 0 saturated carbocycles. The number of nitro groups is 2. The van der Waals surface area contributed by atoms with Crippen molar-refractivity contribution in [1.82, 2.24) is 0 Å². The molecular weight excluding hydrogens is 252 g/mol. The fourth-order valence-electron chi connectivity index (χ4n) is 2.27. The highest BCUT2D eigenvalue weighted by atomic mass is 16.6. The summed E-state index contributed by atoms with van der Waals surface area (Å²) < 4.78 is 0. The number of nitrogens with two attached hydrogens (primary N) is 1. The molecule has 102 valence electrons. The van der Waals surface area contributed by atoms with Crippen LogP contribution in [0.25, 0.3) is 0 Å². The van der Waals surface area contributed by atoms with E-state index < -0.39 is 9.85 Å². The molecule has 8 heteroatoms. The highest BCUT2D eigenvalue weighted by molar-refractivity contribution is 5.67. The number of piperidine rings is 1. The fourth-order valence-corrected chi connectivity index (χ4v) is 2.27. The van der Waals surface area contributed by atoms with Gasteiger partial charge in [-0.25, -0.2) is 0 Å². The Morgan fingerprint density at radius 1 is 1.26 bits per heavy atom. The third-order valence-electron chi connectivity index (χ3n) is 3.17. The Kier molecular flexibility index (Phi) is 3.61. The molecule has 0 aliphatic carbocycles. The first-order valence-electron chi connectivity index (χ1n) is 5.92. The second-order valence-corrected chi connectivity index (χ2v) is 4.54. The molecule has 2 rings (SSSR count). The molecule has 1 aliphatic heterocycles. The summed E-state index contributed by atoms with van der Waals surface area (Å²) in [6.45, 7) is 1.20. The van der Waals surface area contributed by atoms with Crippen molar-refractivity contribution in [2.75, 3.05) is 18.0 Å².